The third-order valence-corrected chi connectivity index (χ3v) is 5.29. The van der Waals surface area contributed by atoms with Gasteiger partial charge in [0, 0.05) is 10.6 Å². The first kappa shape index (κ1) is 16.3. The van der Waals surface area contributed by atoms with Gasteiger partial charge in [-0.2, -0.15) is 5.01 Å². The fourth-order valence-electron chi connectivity index (χ4n) is 3.45. The summed E-state index contributed by atoms with van der Waals surface area (Å²) in [5, 5.41) is 2.91. The minimum atomic E-state index is -0.475. The lowest BCUT2D eigenvalue weighted by Crippen LogP contribution is -2.57. The Bertz CT molecular complexity index is 834. The van der Waals surface area contributed by atoms with Crippen LogP contribution in [-0.2, 0) is 0 Å². The van der Waals surface area contributed by atoms with Crippen molar-refractivity contribution in [2.75, 3.05) is 7.11 Å². The highest BCUT2D eigenvalue weighted by atomic mass is 35.5. The largest absolute Gasteiger partial charge is 0.493 e. The molecule has 0 saturated heterocycles. The maximum atomic E-state index is 6.39. The van der Waals surface area contributed by atoms with Crippen molar-refractivity contribution in [2.45, 2.75) is 32.0 Å². The molecule has 4 rings (SSSR count). The second-order valence-corrected chi connectivity index (χ2v) is 6.96. The molecule has 0 saturated carbocycles. The predicted octanol–water partition coefficient (Wildman–Crippen LogP) is 4.77. The van der Waals surface area contributed by atoms with Crippen LogP contribution in [0.5, 0.6) is 11.5 Å². The Morgan fingerprint density at radius 2 is 2.00 bits per heavy atom. The zero-order chi connectivity index (χ0) is 17.6. The fourth-order valence-corrected chi connectivity index (χ4v) is 3.57. The molecule has 5 heteroatoms. The summed E-state index contributed by atoms with van der Waals surface area (Å²) in [5.41, 5.74) is 6.31. The zero-order valence-corrected chi connectivity index (χ0v) is 15.3. The monoisotopic (exact) mass is 356 g/mol. The lowest BCUT2D eigenvalue weighted by molar-refractivity contribution is -0.120. The normalized spacial score (nSPS) is 24.6. The van der Waals surface area contributed by atoms with Gasteiger partial charge >= 0.3 is 0 Å². The molecule has 130 valence electrons. The van der Waals surface area contributed by atoms with E-state index in [4.69, 9.17) is 21.1 Å². The van der Waals surface area contributed by atoms with Gasteiger partial charge < -0.3 is 14.9 Å². The Kier molecular flexibility index (Phi) is 3.89. The topological polar surface area (TPSA) is 33.7 Å². The second-order valence-electron chi connectivity index (χ2n) is 6.52. The van der Waals surface area contributed by atoms with Crippen molar-refractivity contribution in [3.63, 3.8) is 0 Å². The molecule has 0 amide bonds. The van der Waals surface area contributed by atoms with Crippen molar-refractivity contribution in [3.8, 4) is 11.5 Å². The smallest absolute Gasteiger partial charge is 0.177 e. The van der Waals surface area contributed by atoms with Gasteiger partial charge in [-0.15, -0.1) is 0 Å². The van der Waals surface area contributed by atoms with E-state index in [1.54, 1.807) is 7.11 Å². The van der Waals surface area contributed by atoms with Crippen LogP contribution >= 0.6 is 11.6 Å². The summed E-state index contributed by atoms with van der Waals surface area (Å²) in [6.07, 6.45) is 3.06. The Morgan fingerprint density at radius 1 is 1.24 bits per heavy atom. The molecule has 2 aliphatic heterocycles. The van der Waals surface area contributed by atoms with E-state index in [1.807, 2.05) is 36.4 Å². The van der Waals surface area contributed by atoms with E-state index in [1.165, 1.54) is 0 Å². The maximum absolute atomic E-state index is 6.39. The number of methoxy groups -OCH3 is 1. The van der Waals surface area contributed by atoms with E-state index < -0.39 is 5.72 Å². The number of fused-ring (bicyclic) bond motifs is 3. The molecule has 2 aliphatic rings. The highest BCUT2D eigenvalue weighted by Crippen LogP contribution is 2.49. The molecule has 0 unspecified atom stereocenters. The van der Waals surface area contributed by atoms with E-state index in [0.717, 1.165) is 39.8 Å². The number of halogens is 1. The van der Waals surface area contributed by atoms with Gasteiger partial charge in [0.05, 0.1) is 18.8 Å². The van der Waals surface area contributed by atoms with Crippen LogP contribution in [0.25, 0.3) is 5.70 Å². The predicted molar refractivity (Wildman–Crippen MR) is 99.5 cm³/mol. The van der Waals surface area contributed by atoms with Crippen molar-refractivity contribution in [3.05, 3.63) is 64.7 Å². The molecule has 0 fully saturated rings. The summed E-state index contributed by atoms with van der Waals surface area (Å²) in [5.74, 6) is 1.59. The Morgan fingerprint density at radius 3 is 2.68 bits per heavy atom. The van der Waals surface area contributed by atoms with Gasteiger partial charge in [0.1, 0.15) is 0 Å². The molecule has 0 aliphatic carbocycles. The number of ether oxygens (including phenoxy) is 2. The van der Waals surface area contributed by atoms with E-state index >= 15 is 0 Å². The van der Waals surface area contributed by atoms with Gasteiger partial charge in [0.15, 0.2) is 17.2 Å². The Labute approximate surface area is 153 Å². The van der Waals surface area contributed by atoms with E-state index in [0.29, 0.717) is 0 Å². The summed E-state index contributed by atoms with van der Waals surface area (Å²) in [6, 6.07) is 14.0. The second kappa shape index (κ2) is 5.97. The van der Waals surface area contributed by atoms with Gasteiger partial charge in [-0.25, -0.2) is 0 Å². The molecule has 25 heavy (non-hydrogen) atoms. The molecule has 2 atom stereocenters. The summed E-state index contributed by atoms with van der Waals surface area (Å²) >= 11 is 6.02. The molecule has 2 aromatic rings. The van der Waals surface area contributed by atoms with Gasteiger partial charge in [0.2, 0.25) is 0 Å². The minimum absolute atomic E-state index is 0.0782. The van der Waals surface area contributed by atoms with Crippen LogP contribution in [0, 0.1) is 0 Å². The number of hydrazine groups is 1. The summed E-state index contributed by atoms with van der Waals surface area (Å²) in [4.78, 5) is 0. The number of nitrogens with zero attached hydrogens (tertiary/aromatic N) is 1. The molecule has 4 nitrogen and oxygen atoms in total. The quantitative estimate of drug-likeness (QED) is 0.858. The first-order valence-corrected chi connectivity index (χ1v) is 8.83. The molecule has 2 aromatic carbocycles. The van der Waals surface area contributed by atoms with Gasteiger partial charge in [0.25, 0.3) is 0 Å². The first-order chi connectivity index (χ1) is 12.1. The highest BCUT2D eigenvalue weighted by molar-refractivity contribution is 6.30. The molecule has 2 heterocycles. The standard InChI is InChI=1S/C20H21ClN2O2/c1-4-20(2)23-17(15-6-5-7-18(24-3)19(15)25-20)12-16(22-23)13-8-10-14(21)11-9-13/h5-12,17,22H,4H2,1-3H3/t17-,20+/m1/s1. The van der Waals surface area contributed by atoms with Gasteiger partial charge in [-0.1, -0.05) is 42.8 Å². The van der Waals surface area contributed by atoms with E-state index in [2.05, 4.69) is 36.4 Å². The molecule has 0 bridgehead atoms. The van der Waals surface area contributed by atoms with E-state index in [-0.39, 0.29) is 6.04 Å². The minimum Gasteiger partial charge on any atom is -0.493 e. The van der Waals surface area contributed by atoms with Crippen LogP contribution in [0.3, 0.4) is 0 Å². The molecule has 0 spiro atoms. The van der Waals surface area contributed by atoms with Crippen molar-refractivity contribution >= 4 is 17.3 Å². The highest BCUT2D eigenvalue weighted by Gasteiger charge is 2.47. The Hall–Kier alpha value is -2.17. The number of hydrogen-bond acceptors (Lipinski definition) is 4. The Balaban J connectivity index is 1.81. The summed E-state index contributed by atoms with van der Waals surface area (Å²) < 4.78 is 11.9. The van der Waals surface area contributed by atoms with E-state index in [9.17, 15) is 0 Å². The van der Waals surface area contributed by atoms with Crippen LogP contribution in [-0.4, -0.2) is 17.8 Å². The van der Waals surface area contributed by atoms with Crippen molar-refractivity contribution in [1.29, 1.82) is 0 Å². The van der Waals surface area contributed by atoms with Crippen molar-refractivity contribution < 1.29 is 9.47 Å². The van der Waals surface area contributed by atoms with Crippen molar-refractivity contribution in [2.24, 2.45) is 0 Å². The van der Waals surface area contributed by atoms with Crippen LogP contribution < -0.4 is 14.9 Å². The zero-order valence-electron chi connectivity index (χ0n) is 14.5. The number of hydrogen-bond donors (Lipinski definition) is 1. The van der Waals surface area contributed by atoms with Crippen molar-refractivity contribution in [1.82, 2.24) is 10.4 Å². The molecule has 0 radical (unpaired) electrons. The van der Waals surface area contributed by atoms with Crippen LogP contribution in [0.2, 0.25) is 5.02 Å². The molecule has 1 N–H and O–H groups in total. The van der Waals surface area contributed by atoms with Gasteiger partial charge in [-0.05, 0) is 43.2 Å². The SMILES string of the molecule is CC[C@]1(C)Oc2c(OC)cccc2[C@H]2C=C(c3ccc(Cl)cc3)NN21. The number of nitrogens with one attached hydrogen (secondary N) is 1. The maximum Gasteiger partial charge on any atom is 0.177 e. The summed E-state index contributed by atoms with van der Waals surface area (Å²) in [6.45, 7) is 4.22. The molecular weight excluding hydrogens is 336 g/mol. The van der Waals surface area contributed by atoms with Gasteiger partial charge in [-0.3, -0.25) is 0 Å². The average molecular weight is 357 g/mol. The third kappa shape index (κ3) is 2.57. The average Bonchev–Trinajstić information content (AvgIpc) is 3.09. The lowest BCUT2D eigenvalue weighted by Gasteiger charge is -2.46. The molecular formula is C20H21ClN2O2. The lowest BCUT2D eigenvalue weighted by atomic mass is 9.98. The number of para-hydroxylation sites is 1. The number of rotatable bonds is 3. The third-order valence-electron chi connectivity index (χ3n) is 5.03. The first-order valence-electron chi connectivity index (χ1n) is 8.45. The van der Waals surface area contributed by atoms with Crippen LogP contribution in [0.15, 0.2) is 48.5 Å². The van der Waals surface area contributed by atoms with Crippen LogP contribution in [0.4, 0.5) is 0 Å². The van der Waals surface area contributed by atoms with Crippen LogP contribution in [0.1, 0.15) is 37.4 Å². The number of benzene rings is 2. The fraction of sp³-hybridized carbons (Fsp3) is 0.300. The molecule has 0 aromatic heterocycles. The summed E-state index contributed by atoms with van der Waals surface area (Å²) in [7, 11) is 1.68.